The highest BCUT2D eigenvalue weighted by Gasteiger charge is 2.22. The van der Waals surface area contributed by atoms with Gasteiger partial charge in [0.15, 0.2) is 5.78 Å². The fourth-order valence-corrected chi connectivity index (χ4v) is 3.35. The quantitative estimate of drug-likeness (QED) is 0.684. The van der Waals surface area contributed by atoms with Crippen molar-refractivity contribution >= 4 is 34.6 Å². The van der Waals surface area contributed by atoms with Gasteiger partial charge in [-0.05, 0) is 59.4 Å². The van der Waals surface area contributed by atoms with E-state index in [1.807, 2.05) is 37.3 Å². The number of halogens is 2. The van der Waals surface area contributed by atoms with Crippen LogP contribution in [-0.2, 0) is 4.79 Å². The van der Waals surface area contributed by atoms with Crippen molar-refractivity contribution in [2.24, 2.45) is 0 Å². The zero-order chi connectivity index (χ0) is 15.0. The highest BCUT2D eigenvalue weighted by Crippen LogP contribution is 2.38. The van der Waals surface area contributed by atoms with Crippen LogP contribution in [0.25, 0.3) is 16.7 Å². The van der Waals surface area contributed by atoms with Crippen molar-refractivity contribution in [3.8, 4) is 11.1 Å². The molecule has 0 N–H and O–H groups in total. The lowest BCUT2D eigenvalue weighted by Gasteiger charge is -2.12. The highest BCUT2D eigenvalue weighted by atomic mass is 35.5. The molecule has 0 amide bonds. The van der Waals surface area contributed by atoms with Crippen molar-refractivity contribution < 1.29 is 4.79 Å². The molecule has 3 heteroatoms. The molecule has 0 aliphatic heterocycles. The Kier molecular flexibility index (Phi) is 3.88. The first-order valence-corrected chi connectivity index (χ1v) is 7.60. The van der Waals surface area contributed by atoms with Crippen LogP contribution in [0.3, 0.4) is 0 Å². The van der Waals surface area contributed by atoms with E-state index in [1.165, 1.54) is 0 Å². The van der Waals surface area contributed by atoms with E-state index in [4.69, 9.17) is 23.2 Å². The van der Waals surface area contributed by atoms with E-state index in [9.17, 15) is 4.79 Å². The van der Waals surface area contributed by atoms with Gasteiger partial charge < -0.3 is 0 Å². The third-order valence-electron chi connectivity index (χ3n) is 3.90. The first-order chi connectivity index (χ1) is 10.1. The minimum absolute atomic E-state index is 0.240. The van der Waals surface area contributed by atoms with Gasteiger partial charge in [-0.1, -0.05) is 47.5 Å². The van der Waals surface area contributed by atoms with Crippen LogP contribution in [0.15, 0.2) is 48.0 Å². The van der Waals surface area contributed by atoms with Crippen LogP contribution in [0.4, 0.5) is 0 Å². The topological polar surface area (TPSA) is 17.1 Å². The molecule has 0 fully saturated rings. The van der Waals surface area contributed by atoms with Crippen molar-refractivity contribution in [1.82, 2.24) is 0 Å². The van der Waals surface area contributed by atoms with E-state index < -0.39 is 0 Å². The minimum Gasteiger partial charge on any atom is -0.295 e. The Bertz CT molecular complexity index is 739. The second kappa shape index (κ2) is 5.67. The number of rotatable bonds is 2. The Morgan fingerprint density at radius 1 is 0.905 bits per heavy atom. The monoisotopic (exact) mass is 316 g/mol. The maximum atomic E-state index is 11.8. The third-order valence-corrected chi connectivity index (χ3v) is 4.34. The van der Waals surface area contributed by atoms with Gasteiger partial charge >= 0.3 is 0 Å². The standard InChI is InChI=1S/C18H14Cl2O/c1-11-15(6-7-18(11)21)17-5-3-2-4-16(17)12-8-13(19)10-14(20)9-12/h2-5,8-10H,6-7H2,1H3. The Labute approximate surface area is 134 Å². The van der Waals surface area contributed by atoms with Crippen LogP contribution in [0.2, 0.25) is 10.0 Å². The molecule has 0 saturated carbocycles. The molecule has 2 aromatic carbocycles. The van der Waals surface area contributed by atoms with Crippen molar-refractivity contribution in [2.75, 3.05) is 0 Å². The summed E-state index contributed by atoms with van der Waals surface area (Å²) < 4.78 is 0. The Hall–Kier alpha value is -1.57. The van der Waals surface area contributed by atoms with Crippen molar-refractivity contribution in [3.63, 3.8) is 0 Å². The van der Waals surface area contributed by atoms with E-state index in [0.717, 1.165) is 34.3 Å². The van der Waals surface area contributed by atoms with Gasteiger partial charge in [0.2, 0.25) is 0 Å². The molecule has 0 spiro atoms. The maximum Gasteiger partial charge on any atom is 0.159 e. The molecule has 0 radical (unpaired) electrons. The largest absolute Gasteiger partial charge is 0.295 e. The van der Waals surface area contributed by atoms with Gasteiger partial charge in [0.1, 0.15) is 0 Å². The van der Waals surface area contributed by atoms with Crippen LogP contribution in [0.5, 0.6) is 0 Å². The summed E-state index contributed by atoms with van der Waals surface area (Å²) in [5.41, 5.74) is 5.13. The average molecular weight is 317 g/mol. The first kappa shape index (κ1) is 14.4. The predicted molar refractivity (Wildman–Crippen MR) is 88.7 cm³/mol. The van der Waals surface area contributed by atoms with Crippen molar-refractivity contribution in [1.29, 1.82) is 0 Å². The number of ketones is 1. The van der Waals surface area contributed by atoms with Crippen LogP contribution in [-0.4, -0.2) is 5.78 Å². The summed E-state index contributed by atoms with van der Waals surface area (Å²) in [7, 11) is 0. The summed E-state index contributed by atoms with van der Waals surface area (Å²) in [5, 5.41) is 1.22. The molecule has 106 valence electrons. The molecule has 21 heavy (non-hydrogen) atoms. The second-order valence-electron chi connectivity index (χ2n) is 5.23. The van der Waals surface area contributed by atoms with Gasteiger partial charge in [-0.15, -0.1) is 0 Å². The molecular weight excluding hydrogens is 303 g/mol. The molecule has 3 rings (SSSR count). The van der Waals surface area contributed by atoms with E-state index in [2.05, 4.69) is 6.07 Å². The summed E-state index contributed by atoms with van der Waals surface area (Å²) in [6, 6.07) is 13.6. The Morgan fingerprint density at radius 2 is 1.52 bits per heavy atom. The molecule has 0 heterocycles. The number of carbonyl (C=O) groups is 1. The number of carbonyl (C=O) groups excluding carboxylic acids is 1. The average Bonchev–Trinajstić information content (AvgIpc) is 2.78. The van der Waals surface area contributed by atoms with Crippen LogP contribution in [0, 0.1) is 0 Å². The molecule has 0 atom stereocenters. The molecule has 0 bridgehead atoms. The van der Waals surface area contributed by atoms with Gasteiger partial charge in [-0.25, -0.2) is 0 Å². The van der Waals surface area contributed by atoms with E-state index in [-0.39, 0.29) is 5.78 Å². The van der Waals surface area contributed by atoms with Crippen LogP contribution in [0.1, 0.15) is 25.3 Å². The van der Waals surface area contributed by atoms with Crippen LogP contribution >= 0.6 is 23.2 Å². The van der Waals surface area contributed by atoms with Gasteiger partial charge in [-0.3, -0.25) is 4.79 Å². The van der Waals surface area contributed by atoms with Crippen molar-refractivity contribution in [2.45, 2.75) is 19.8 Å². The molecule has 1 nitrogen and oxygen atoms in total. The summed E-state index contributed by atoms with van der Waals surface area (Å²) in [4.78, 5) is 11.8. The summed E-state index contributed by atoms with van der Waals surface area (Å²) in [5.74, 6) is 0.240. The third kappa shape index (κ3) is 2.76. The van der Waals surface area contributed by atoms with E-state index in [1.54, 1.807) is 6.07 Å². The lowest BCUT2D eigenvalue weighted by atomic mass is 9.93. The number of hydrogen-bond acceptors (Lipinski definition) is 1. The Morgan fingerprint density at radius 3 is 2.10 bits per heavy atom. The predicted octanol–water partition coefficient (Wildman–Crippen LogP) is 5.80. The summed E-state index contributed by atoms with van der Waals surface area (Å²) in [6.07, 6.45) is 1.40. The number of Topliss-reactive ketones (excluding diaryl/α,β-unsaturated/α-hetero) is 1. The molecule has 1 aliphatic rings. The smallest absolute Gasteiger partial charge is 0.159 e. The second-order valence-corrected chi connectivity index (χ2v) is 6.10. The van der Waals surface area contributed by atoms with Gasteiger partial charge in [0.05, 0.1) is 0 Å². The van der Waals surface area contributed by atoms with E-state index >= 15 is 0 Å². The highest BCUT2D eigenvalue weighted by molar-refractivity contribution is 6.35. The zero-order valence-electron chi connectivity index (χ0n) is 11.6. The lowest BCUT2D eigenvalue weighted by molar-refractivity contribution is -0.114. The fraction of sp³-hybridized carbons (Fsp3) is 0.167. The zero-order valence-corrected chi connectivity index (χ0v) is 13.1. The Balaban J connectivity index is 2.19. The minimum atomic E-state index is 0.240. The molecule has 0 aromatic heterocycles. The SMILES string of the molecule is CC1=C(c2ccccc2-c2cc(Cl)cc(Cl)c2)CCC1=O. The molecule has 0 unspecified atom stereocenters. The van der Waals surface area contributed by atoms with Gasteiger partial charge in [-0.2, -0.15) is 0 Å². The molecular formula is C18H14Cl2O. The van der Waals surface area contributed by atoms with Gasteiger partial charge in [0, 0.05) is 16.5 Å². The first-order valence-electron chi connectivity index (χ1n) is 6.85. The summed E-state index contributed by atoms with van der Waals surface area (Å²) in [6.45, 7) is 1.91. The molecule has 1 aliphatic carbocycles. The van der Waals surface area contributed by atoms with Crippen LogP contribution < -0.4 is 0 Å². The number of benzene rings is 2. The molecule has 0 saturated heterocycles. The van der Waals surface area contributed by atoms with Crippen molar-refractivity contribution in [3.05, 3.63) is 63.6 Å². The summed E-state index contributed by atoms with van der Waals surface area (Å²) >= 11 is 12.2. The maximum absolute atomic E-state index is 11.8. The molecule has 2 aromatic rings. The fourth-order valence-electron chi connectivity index (χ4n) is 2.83. The lowest BCUT2D eigenvalue weighted by Crippen LogP contribution is -1.92. The number of allylic oxidation sites excluding steroid dienone is 2. The number of hydrogen-bond donors (Lipinski definition) is 0. The normalized spacial score (nSPS) is 14.9. The van der Waals surface area contributed by atoms with E-state index in [0.29, 0.717) is 16.5 Å². The van der Waals surface area contributed by atoms with Gasteiger partial charge in [0.25, 0.3) is 0 Å².